The number of anilines is 2. The summed E-state index contributed by atoms with van der Waals surface area (Å²) >= 11 is 1.69. The number of rotatable bonds is 3. The van der Waals surface area contributed by atoms with Crippen LogP contribution in [0.5, 0.6) is 5.75 Å². The largest absolute Gasteiger partial charge is 0.497 e. The van der Waals surface area contributed by atoms with E-state index in [1.807, 2.05) is 31.3 Å². The molecule has 2 aromatic heterocycles. The molecule has 0 aliphatic rings. The topological polar surface area (TPSA) is 38.2 Å². The number of benzene rings is 1. The summed E-state index contributed by atoms with van der Waals surface area (Å²) in [6, 6.07) is 10.1. The molecule has 21 heavy (non-hydrogen) atoms. The quantitative estimate of drug-likeness (QED) is 0.724. The Hall–Kier alpha value is -1.85. The molecule has 3 rings (SSSR count). The summed E-state index contributed by atoms with van der Waals surface area (Å²) in [5.74, 6) is 1.77. The van der Waals surface area contributed by atoms with Crippen molar-refractivity contribution in [3.05, 3.63) is 41.5 Å². The number of aryl methyl sites for hydroxylation is 1. The van der Waals surface area contributed by atoms with Crippen LogP contribution < -0.4 is 9.64 Å². The number of thiophene rings is 1. The van der Waals surface area contributed by atoms with Gasteiger partial charge < -0.3 is 9.64 Å². The molecule has 0 bridgehead atoms. The lowest BCUT2D eigenvalue weighted by molar-refractivity contribution is 0.415. The number of nitrogens with zero attached hydrogens (tertiary/aromatic N) is 3. The normalized spacial score (nSPS) is 10.2. The van der Waals surface area contributed by atoms with E-state index in [2.05, 4.69) is 27.9 Å². The van der Waals surface area contributed by atoms with Crippen LogP contribution in [0.4, 0.5) is 11.5 Å². The molecule has 3 aromatic rings. The summed E-state index contributed by atoms with van der Waals surface area (Å²) in [4.78, 5) is 13.1. The van der Waals surface area contributed by atoms with Crippen LogP contribution in [0.25, 0.3) is 10.2 Å². The summed E-state index contributed by atoms with van der Waals surface area (Å²) in [7, 11) is 3.68. The van der Waals surface area contributed by atoms with Crippen LogP contribution in [0.15, 0.2) is 36.7 Å². The van der Waals surface area contributed by atoms with E-state index in [4.69, 9.17) is 4.74 Å². The zero-order valence-corrected chi connectivity index (χ0v) is 13.7. The van der Waals surface area contributed by atoms with Gasteiger partial charge in [-0.05, 0) is 37.3 Å². The van der Waals surface area contributed by atoms with Crippen molar-refractivity contribution >= 4 is 45.5 Å². The smallest absolute Gasteiger partial charge is 0.144 e. The van der Waals surface area contributed by atoms with Crippen LogP contribution in [0.2, 0.25) is 0 Å². The first kappa shape index (κ1) is 15.5. The van der Waals surface area contributed by atoms with Crippen molar-refractivity contribution in [2.75, 3.05) is 19.1 Å². The molecule has 0 N–H and O–H groups in total. The van der Waals surface area contributed by atoms with Gasteiger partial charge >= 0.3 is 0 Å². The molecule has 4 nitrogen and oxygen atoms in total. The Kier molecular flexibility index (Phi) is 4.65. The average Bonchev–Trinajstić information content (AvgIpc) is 2.86. The Balaban J connectivity index is 0.00000161. The van der Waals surface area contributed by atoms with Crippen molar-refractivity contribution < 1.29 is 4.74 Å². The average molecular weight is 322 g/mol. The van der Waals surface area contributed by atoms with Gasteiger partial charge in [-0.25, -0.2) is 9.97 Å². The van der Waals surface area contributed by atoms with Gasteiger partial charge in [0, 0.05) is 17.6 Å². The van der Waals surface area contributed by atoms with Gasteiger partial charge in [0.15, 0.2) is 0 Å². The maximum absolute atomic E-state index is 5.19. The minimum atomic E-state index is 0. The fraction of sp³-hybridized carbons (Fsp3) is 0.200. The van der Waals surface area contributed by atoms with E-state index < -0.39 is 0 Å². The maximum Gasteiger partial charge on any atom is 0.144 e. The predicted octanol–water partition coefficient (Wildman–Crippen LogP) is 4.20. The number of ether oxygens (including phenoxy) is 1. The first-order valence-electron chi connectivity index (χ1n) is 6.28. The van der Waals surface area contributed by atoms with E-state index in [1.165, 1.54) is 4.88 Å². The number of hydrogen-bond acceptors (Lipinski definition) is 5. The first-order chi connectivity index (χ1) is 9.69. The fourth-order valence-corrected chi connectivity index (χ4v) is 3.00. The molecule has 2 heterocycles. The first-order valence-corrected chi connectivity index (χ1v) is 7.09. The number of fused-ring (bicyclic) bond motifs is 1. The van der Waals surface area contributed by atoms with Gasteiger partial charge in [0.2, 0.25) is 0 Å². The highest BCUT2D eigenvalue weighted by Gasteiger charge is 2.12. The van der Waals surface area contributed by atoms with E-state index in [0.29, 0.717) is 0 Å². The van der Waals surface area contributed by atoms with Crippen molar-refractivity contribution in [3.63, 3.8) is 0 Å². The summed E-state index contributed by atoms with van der Waals surface area (Å²) in [6.07, 6.45) is 1.62. The highest BCUT2D eigenvalue weighted by Crippen LogP contribution is 2.32. The Bertz CT molecular complexity index is 742. The summed E-state index contributed by atoms with van der Waals surface area (Å²) < 4.78 is 5.19. The van der Waals surface area contributed by atoms with Crippen LogP contribution in [0.1, 0.15) is 4.88 Å². The van der Waals surface area contributed by atoms with Gasteiger partial charge in [-0.2, -0.15) is 0 Å². The Morgan fingerprint density at radius 1 is 1.14 bits per heavy atom. The molecule has 110 valence electrons. The molecule has 0 saturated carbocycles. The molecule has 0 saturated heterocycles. The minimum absolute atomic E-state index is 0. The standard InChI is InChI=1S/C15H15N3OS.ClH/c1-10-8-13-14(16-9-17-15(13)20-10)18(2)11-4-6-12(19-3)7-5-11;/h4-9H,1-3H3;1H. The van der Waals surface area contributed by atoms with Gasteiger partial charge in [-0.1, -0.05) is 0 Å². The number of aromatic nitrogens is 2. The zero-order valence-electron chi connectivity index (χ0n) is 12.0. The third-order valence-electron chi connectivity index (χ3n) is 3.21. The highest BCUT2D eigenvalue weighted by molar-refractivity contribution is 7.18. The van der Waals surface area contributed by atoms with E-state index in [0.717, 1.165) is 27.5 Å². The third-order valence-corrected chi connectivity index (χ3v) is 4.17. The molecule has 0 unspecified atom stereocenters. The fourth-order valence-electron chi connectivity index (χ4n) is 2.16. The Morgan fingerprint density at radius 3 is 2.52 bits per heavy atom. The van der Waals surface area contributed by atoms with Crippen LogP contribution in [0, 0.1) is 6.92 Å². The van der Waals surface area contributed by atoms with Crippen LogP contribution in [-0.4, -0.2) is 24.1 Å². The molecular formula is C15H16ClN3OS. The van der Waals surface area contributed by atoms with Crippen molar-refractivity contribution in [2.45, 2.75) is 6.92 Å². The van der Waals surface area contributed by atoms with Gasteiger partial charge in [-0.15, -0.1) is 23.7 Å². The van der Waals surface area contributed by atoms with Crippen LogP contribution in [-0.2, 0) is 0 Å². The molecule has 0 spiro atoms. The Morgan fingerprint density at radius 2 is 1.86 bits per heavy atom. The van der Waals surface area contributed by atoms with E-state index in [9.17, 15) is 0 Å². The number of hydrogen-bond donors (Lipinski definition) is 0. The van der Waals surface area contributed by atoms with Crippen molar-refractivity contribution in [2.24, 2.45) is 0 Å². The molecular weight excluding hydrogens is 306 g/mol. The summed E-state index contributed by atoms with van der Waals surface area (Å²) in [6.45, 7) is 2.09. The summed E-state index contributed by atoms with van der Waals surface area (Å²) in [5, 5.41) is 1.09. The van der Waals surface area contributed by atoms with Crippen LogP contribution >= 0.6 is 23.7 Å². The molecule has 0 atom stereocenters. The second-order valence-corrected chi connectivity index (χ2v) is 5.76. The van der Waals surface area contributed by atoms with E-state index in [1.54, 1.807) is 24.8 Å². The summed E-state index contributed by atoms with van der Waals surface area (Å²) in [5.41, 5.74) is 1.06. The van der Waals surface area contributed by atoms with Crippen molar-refractivity contribution in [3.8, 4) is 5.75 Å². The predicted molar refractivity (Wildman–Crippen MR) is 90.5 cm³/mol. The lowest BCUT2D eigenvalue weighted by atomic mass is 10.2. The Labute approximate surface area is 133 Å². The SMILES string of the molecule is COc1ccc(N(C)c2ncnc3sc(C)cc23)cc1.Cl. The lowest BCUT2D eigenvalue weighted by Gasteiger charge is -2.19. The monoisotopic (exact) mass is 321 g/mol. The number of halogens is 1. The van der Waals surface area contributed by atoms with Crippen LogP contribution in [0.3, 0.4) is 0 Å². The molecule has 1 aromatic carbocycles. The van der Waals surface area contributed by atoms with E-state index >= 15 is 0 Å². The molecule has 0 aliphatic carbocycles. The van der Waals surface area contributed by atoms with Crippen molar-refractivity contribution in [1.82, 2.24) is 9.97 Å². The van der Waals surface area contributed by atoms with Gasteiger partial charge in [0.05, 0.1) is 12.5 Å². The molecule has 0 amide bonds. The second kappa shape index (κ2) is 6.28. The van der Waals surface area contributed by atoms with Gasteiger partial charge in [-0.3, -0.25) is 0 Å². The lowest BCUT2D eigenvalue weighted by Crippen LogP contribution is -2.11. The second-order valence-electron chi connectivity index (χ2n) is 4.53. The van der Waals surface area contributed by atoms with E-state index in [-0.39, 0.29) is 12.4 Å². The van der Waals surface area contributed by atoms with Crippen molar-refractivity contribution in [1.29, 1.82) is 0 Å². The minimum Gasteiger partial charge on any atom is -0.497 e. The van der Waals surface area contributed by atoms with Gasteiger partial charge in [0.1, 0.15) is 22.7 Å². The maximum atomic E-state index is 5.19. The molecule has 0 fully saturated rings. The zero-order chi connectivity index (χ0) is 14.1. The van der Waals surface area contributed by atoms with Gasteiger partial charge in [0.25, 0.3) is 0 Å². The highest BCUT2D eigenvalue weighted by atomic mass is 35.5. The number of methoxy groups -OCH3 is 1. The third kappa shape index (κ3) is 2.94. The molecule has 6 heteroatoms. The molecule has 0 radical (unpaired) electrons. The molecule has 0 aliphatic heterocycles.